The Kier molecular flexibility index (Phi) is 6.99. The van der Waals surface area contributed by atoms with Crippen LogP contribution >= 0.6 is 23.2 Å². The van der Waals surface area contributed by atoms with Crippen LogP contribution in [0.2, 0.25) is 10.0 Å². The maximum absolute atomic E-state index is 6.22. The molecule has 3 rings (SSSR count). The summed E-state index contributed by atoms with van der Waals surface area (Å²) in [4.78, 5) is 0. The average Bonchev–Trinajstić information content (AvgIpc) is 2.69. The van der Waals surface area contributed by atoms with Gasteiger partial charge in [0, 0.05) is 34.3 Å². The van der Waals surface area contributed by atoms with Crippen molar-refractivity contribution in [3.8, 4) is 11.5 Å². The Balaban J connectivity index is 1.60. The van der Waals surface area contributed by atoms with E-state index in [1.165, 1.54) is 5.56 Å². The van der Waals surface area contributed by atoms with Crippen LogP contribution in [0.4, 0.5) is 0 Å². The second kappa shape index (κ2) is 9.65. The molecule has 0 aliphatic rings. The zero-order valence-corrected chi connectivity index (χ0v) is 16.6. The van der Waals surface area contributed by atoms with Crippen LogP contribution in [-0.2, 0) is 19.7 Å². The summed E-state index contributed by atoms with van der Waals surface area (Å²) in [5.74, 6) is 1.67. The molecule has 0 fully saturated rings. The molecule has 5 heteroatoms. The maximum Gasteiger partial charge on any atom is 0.124 e. The average molecular weight is 402 g/mol. The van der Waals surface area contributed by atoms with Gasteiger partial charge < -0.3 is 14.8 Å². The molecule has 0 spiro atoms. The number of rotatable bonds is 8. The molecule has 0 amide bonds. The van der Waals surface area contributed by atoms with Gasteiger partial charge in [-0.1, -0.05) is 59.6 Å². The van der Waals surface area contributed by atoms with Crippen LogP contribution in [0.25, 0.3) is 0 Å². The zero-order chi connectivity index (χ0) is 19.1. The van der Waals surface area contributed by atoms with Gasteiger partial charge in [0.15, 0.2) is 0 Å². The lowest BCUT2D eigenvalue weighted by Gasteiger charge is -2.14. The molecule has 3 nitrogen and oxygen atoms in total. The Morgan fingerprint density at radius 3 is 2.22 bits per heavy atom. The Morgan fingerprint density at radius 2 is 1.52 bits per heavy atom. The normalized spacial score (nSPS) is 10.6. The van der Waals surface area contributed by atoms with Gasteiger partial charge in [-0.25, -0.2) is 0 Å². The molecule has 140 valence electrons. The van der Waals surface area contributed by atoms with Crippen molar-refractivity contribution < 1.29 is 9.47 Å². The minimum atomic E-state index is 0.327. The number of methoxy groups -OCH3 is 1. The Hall–Kier alpha value is -2.20. The summed E-state index contributed by atoms with van der Waals surface area (Å²) in [6.45, 7) is 1.78. The van der Waals surface area contributed by atoms with E-state index in [9.17, 15) is 0 Å². The third-order valence-corrected chi connectivity index (χ3v) is 4.92. The molecule has 0 saturated carbocycles. The molecule has 0 saturated heterocycles. The van der Waals surface area contributed by atoms with Crippen LogP contribution < -0.4 is 14.8 Å². The van der Waals surface area contributed by atoms with Crippen LogP contribution in [-0.4, -0.2) is 7.11 Å². The van der Waals surface area contributed by atoms with Crippen molar-refractivity contribution in [2.75, 3.05) is 7.11 Å². The van der Waals surface area contributed by atoms with E-state index in [-0.39, 0.29) is 0 Å². The number of benzene rings is 3. The van der Waals surface area contributed by atoms with Gasteiger partial charge in [-0.3, -0.25) is 0 Å². The van der Waals surface area contributed by atoms with Crippen LogP contribution in [0, 0.1) is 0 Å². The fraction of sp³-hybridized carbons (Fsp3) is 0.182. The van der Waals surface area contributed by atoms with Crippen molar-refractivity contribution in [3.63, 3.8) is 0 Å². The topological polar surface area (TPSA) is 30.5 Å². The molecule has 0 atom stereocenters. The highest BCUT2D eigenvalue weighted by Gasteiger charge is 2.08. The molecule has 0 aliphatic carbocycles. The van der Waals surface area contributed by atoms with Crippen molar-refractivity contribution in [1.82, 2.24) is 5.32 Å². The van der Waals surface area contributed by atoms with E-state index >= 15 is 0 Å². The lowest BCUT2D eigenvalue weighted by atomic mass is 10.1. The number of hydrogen-bond donors (Lipinski definition) is 1. The highest BCUT2D eigenvalue weighted by Crippen LogP contribution is 2.27. The summed E-state index contributed by atoms with van der Waals surface area (Å²) in [6.07, 6.45) is 0. The SMILES string of the molecule is COc1ccc(CNCc2ccccc2OCc2c(Cl)cccc2Cl)cc1. The van der Waals surface area contributed by atoms with E-state index in [4.69, 9.17) is 32.7 Å². The minimum Gasteiger partial charge on any atom is -0.497 e. The van der Waals surface area contributed by atoms with E-state index in [1.807, 2.05) is 66.7 Å². The first-order chi connectivity index (χ1) is 13.2. The van der Waals surface area contributed by atoms with E-state index < -0.39 is 0 Å². The van der Waals surface area contributed by atoms with Crippen LogP contribution in [0.3, 0.4) is 0 Å². The Labute approximate surface area is 169 Å². The van der Waals surface area contributed by atoms with Crippen molar-refractivity contribution in [1.29, 1.82) is 0 Å². The second-order valence-electron chi connectivity index (χ2n) is 6.05. The Morgan fingerprint density at radius 1 is 0.815 bits per heavy atom. The molecule has 3 aromatic carbocycles. The molecule has 0 unspecified atom stereocenters. The molecule has 0 heterocycles. The molecule has 1 N–H and O–H groups in total. The van der Waals surface area contributed by atoms with Gasteiger partial charge in [-0.05, 0) is 35.9 Å². The quantitative estimate of drug-likeness (QED) is 0.511. The van der Waals surface area contributed by atoms with E-state index in [0.29, 0.717) is 23.2 Å². The second-order valence-corrected chi connectivity index (χ2v) is 6.86. The highest BCUT2D eigenvalue weighted by atomic mass is 35.5. The summed E-state index contributed by atoms with van der Waals surface area (Å²) >= 11 is 12.4. The first-order valence-electron chi connectivity index (χ1n) is 8.64. The van der Waals surface area contributed by atoms with Gasteiger partial charge in [0.1, 0.15) is 18.1 Å². The fourth-order valence-electron chi connectivity index (χ4n) is 2.70. The molecule has 0 bridgehead atoms. The number of ether oxygens (including phenoxy) is 2. The van der Waals surface area contributed by atoms with Gasteiger partial charge >= 0.3 is 0 Å². The third-order valence-electron chi connectivity index (χ3n) is 4.21. The van der Waals surface area contributed by atoms with Gasteiger partial charge in [0.05, 0.1) is 7.11 Å². The summed E-state index contributed by atoms with van der Waals surface area (Å²) in [5.41, 5.74) is 3.06. The largest absolute Gasteiger partial charge is 0.497 e. The van der Waals surface area contributed by atoms with E-state index in [1.54, 1.807) is 7.11 Å². The van der Waals surface area contributed by atoms with Crippen molar-refractivity contribution in [2.24, 2.45) is 0 Å². The lowest BCUT2D eigenvalue weighted by molar-refractivity contribution is 0.302. The molecule has 3 aromatic rings. The number of hydrogen-bond acceptors (Lipinski definition) is 3. The monoisotopic (exact) mass is 401 g/mol. The number of para-hydroxylation sites is 1. The number of nitrogens with one attached hydrogen (secondary N) is 1. The molecular formula is C22H21Cl2NO2. The summed E-state index contributed by atoms with van der Waals surface area (Å²) in [5, 5.41) is 4.66. The lowest BCUT2D eigenvalue weighted by Crippen LogP contribution is -2.13. The van der Waals surface area contributed by atoms with E-state index in [0.717, 1.165) is 29.2 Å². The first kappa shape index (κ1) is 19.6. The smallest absolute Gasteiger partial charge is 0.124 e. The highest BCUT2D eigenvalue weighted by molar-refractivity contribution is 6.35. The fourth-order valence-corrected chi connectivity index (χ4v) is 3.20. The molecular weight excluding hydrogens is 381 g/mol. The standard InChI is InChI=1S/C22H21Cl2NO2/c1-26-18-11-9-16(10-12-18)13-25-14-17-5-2-3-8-22(17)27-15-19-20(23)6-4-7-21(19)24/h2-12,25H,13-15H2,1H3. The van der Waals surface area contributed by atoms with Crippen LogP contribution in [0.15, 0.2) is 66.7 Å². The van der Waals surface area contributed by atoms with E-state index in [2.05, 4.69) is 5.32 Å². The molecule has 0 aromatic heterocycles. The van der Waals surface area contributed by atoms with Crippen LogP contribution in [0.1, 0.15) is 16.7 Å². The predicted molar refractivity (Wildman–Crippen MR) is 111 cm³/mol. The molecule has 0 radical (unpaired) electrons. The third kappa shape index (κ3) is 5.39. The minimum absolute atomic E-state index is 0.327. The summed E-state index contributed by atoms with van der Waals surface area (Å²) < 4.78 is 11.2. The summed E-state index contributed by atoms with van der Waals surface area (Å²) in [7, 11) is 1.67. The van der Waals surface area contributed by atoms with Crippen molar-refractivity contribution in [3.05, 3.63) is 93.5 Å². The predicted octanol–water partition coefficient (Wildman–Crippen LogP) is 5.87. The zero-order valence-electron chi connectivity index (χ0n) is 15.0. The van der Waals surface area contributed by atoms with Crippen molar-refractivity contribution >= 4 is 23.2 Å². The van der Waals surface area contributed by atoms with Gasteiger partial charge in [0.2, 0.25) is 0 Å². The van der Waals surface area contributed by atoms with Crippen LogP contribution in [0.5, 0.6) is 11.5 Å². The molecule has 0 aliphatic heterocycles. The Bertz CT molecular complexity index is 861. The van der Waals surface area contributed by atoms with Gasteiger partial charge in [-0.15, -0.1) is 0 Å². The molecule has 27 heavy (non-hydrogen) atoms. The van der Waals surface area contributed by atoms with Gasteiger partial charge in [0.25, 0.3) is 0 Å². The maximum atomic E-state index is 6.22. The summed E-state index contributed by atoms with van der Waals surface area (Å²) in [6, 6.07) is 21.4. The van der Waals surface area contributed by atoms with Crippen molar-refractivity contribution in [2.45, 2.75) is 19.7 Å². The first-order valence-corrected chi connectivity index (χ1v) is 9.40. The van der Waals surface area contributed by atoms with Gasteiger partial charge in [-0.2, -0.15) is 0 Å². The number of halogens is 2.